The molecule has 0 amide bonds. The number of rotatable bonds is 16. The van der Waals surface area contributed by atoms with Crippen LogP contribution in [0.2, 0.25) is 0 Å². The van der Waals surface area contributed by atoms with E-state index < -0.39 is 14.6 Å². The van der Waals surface area contributed by atoms with Crippen molar-refractivity contribution in [2.45, 2.75) is 92.0 Å². The average molecular weight is 470 g/mol. The summed E-state index contributed by atoms with van der Waals surface area (Å²) >= 11 is 0. The summed E-state index contributed by atoms with van der Waals surface area (Å²) in [4.78, 5) is 23.9. The van der Waals surface area contributed by atoms with E-state index in [1.54, 1.807) is 0 Å². The van der Waals surface area contributed by atoms with Crippen LogP contribution >= 0.6 is 8.53 Å². The molecule has 32 heavy (non-hydrogen) atoms. The van der Waals surface area contributed by atoms with Crippen LogP contribution in [0.15, 0.2) is 30.3 Å². The van der Waals surface area contributed by atoms with Crippen molar-refractivity contribution in [2.24, 2.45) is 0 Å². The van der Waals surface area contributed by atoms with Crippen molar-refractivity contribution in [3.8, 4) is 0 Å². The second kappa shape index (κ2) is 16.1. The second-order valence-corrected chi connectivity index (χ2v) is 9.61. The summed E-state index contributed by atoms with van der Waals surface area (Å²) in [6.45, 7) is 12.7. The maximum atomic E-state index is 12.1. The van der Waals surface area contributed by atoms with Gasteiger partial charge in [-0.15, -0.1) is 0 Å². The molecule has 2 atom stereocenters. The van der Waals surface area contributed by atoms with Gasteiger partial charge >= 0.3 is 11.9 Å². The highest BCUT2D eigenvalue weighted by Crippen LogP contribution is 2.46. The van der Waals surface area contributed by atoms with Crippen molar-refractivity contribution in [1.82, 2.24) is 4.67 Å². The lowest BCUT2D eigenvalue weighted by Gasteiger charge is -2.36. The van der Waals surface area contributed by atoms with E-state index in [1.165, 1.54) is 0 Å². The smallest absolute Gasteiger partial charge is 0.306 e. The molecule has 0 fully saturated rings. The minimum atomic E-state index is -1.42. The van der Waals surface area contributed by atoms with Crippen molar-refractivity contribution in [3.63, 3.8) is 0 Å². The predicted octanol–water partition coefficient (Wildman–Crippen LogP) is 5.62. The first-order valence-electron chi connectivity index (χ1n) is 11.5. The van der Waals surface area contributed by atoms with Crippen LogP contribution in [0.4, 0.5) is 0 Å². The van der Waals surface area contributed by atoms with Gasteiger partial charge in [0.2, 0.25) is 0 Å². The number of nitrogens with zero attached hydrogens (tertiary/aromatic N) is 1. The van der Waals surface area contributed by atoms with Crippen LogP contribution in [-0.2, 0) is 34.7 Å². The summed E-state index contributed by atoms with van der Waals surface area (Å²) in [5.74, 6) is -0.635. The first-order valence-corrected chi connectivity index (χ1v) is 12.6. The molecule has 0 aromatic heterocycles. The lowest BCUT2D eigenvalue weighted by Crippen LogP contribution is -2.35. The molecule has 1 aromatic rings. The summed E-state index contributed by atoms with van der Waals surface area (Å²) in [6, 6.07) is 10.3. The molecular weight excluding hydrogens is 429 g/mol. The maximum Gasteiger partial charge on any atom is 0.306 e. The third-order valence-electron chi connectivity index (χ3n) is 4.44. The Morgan fingerprint density at radius 1 is 0.875 bits per heavy atom. The van der Waals surface area contributed by atoms with Crippen molar-refractivity contribution in [1.29, 1.82) is 0 Å². The van der Waals surface area contributed by atoms with E-state index in [2.05, 4.69) is 32.4 Å². The van der Waals surface area contributed by atoms with Crippen LogP contribution in [0.25, 0.3) is 0 Å². The average Bonchev–Trinajstić information content (AvgIpc) is 2.74. The molecule has 0 aliphatic heterocycles. The fourth-order valence-corrected chi connectivity index (χ4v) is 4.67. The van der Waals surface area contributed by atoms with Gasteiger partial charge in [0.1, 0.15) is 6.61 Å². The molecule has 0 radical (unpaired) electrons. The zero-order valence-electron chi connectivity index (χ0n) is 20.4. The molecule has 0 saturated carbocycles. The normalized spacial score (nSPS) is 13.4. The van der Waals surface area contributed by atoms with Gasteiger partial charge in [-0.2, -0.15) is 0 Å². The lowest BCUT2D eigenvalue weighted by atomic mass is 10.2. The van der Waals surface area contributed by atoms with Crippen LogP contribution in [0.3, 0.4) is 0 Å². The van der Waals surface area contributed by atoms with E-state index in [1.807, 2.05) is 44.2 Å². The highest BCUT2D eigenvalue weighted by atomic mass is 31.2. The number of ether oxygens (including phenoxy) is 2. The first kappa shape index (κ1) is 28.5. The lowest BCUT2D eigenvalue weighted by molar-refractivity contribution is -0.161. The SMILES string of the molecule is CCCC(=O)OC[C@@H](COP(OCc1ccccc1)N(C(C)C)C(C)C)OC(=O)CCC. The summed E-state index contributed by atoms with van der Waals surface area (Å²) in [5, 5.41) is 0. The van der Waals surface area contributed by atoms with Gasteiger partial charge in [-0.1, -0.05) is 44.2 Å². The summed E-state index contributed by atoms with van der Waals surface area (Å²) < 4.78 is 25.4. The molecule has 0 heterocycles. The van der Waals surface area contributed by atoms with Crippen LogP contribution < -0.4 is 0 Å². The van der Waals surface area contributed by atoms with Gasteiger partial charge in [0.05, 0.1) is 13.2 Å². The molecule has 0 bridgehead atoms. The predicted molar refractivity (Wildman–Crippen MR) is 127 cm³/mol. The molecule has 1 unspecified atom stereocenters. The van der Waals surface area contributed by atoms with Crippen molar-refractivity contribution >= 4 is 20.5 Å². The number of hydrogen-bond acceptors (Lipinski definition) is 7. The zero-order chi connectivity index (χ0) is 23.9. The van der Waals surface area contributed by atoms with Gasteiger partial charge in [0.25, 0.3) is 8.53 Å². The Labute approximate surface area is 194 Å². The molecule has 0 aliphatic rings. The van der Waals surface area contributed by atoms with Gasteiger partial charge in [0, 0.05) is 24.9 Å². The van der Waals surface area contributed by atoms with Crippen LogP contribution in [0.1, 0.15) is 72.8 Å². The largest absolute Gasteiger partial charge is 0.462 e. The van der Waals surface area contributed by atoms with Gasteiger partial charge in [-0.25, -0.2) is 4.67 Å². The quantitative estimate of drug-likeness (QED) is 0.230. The fourth-order valence-electron chi connectivity index (χ4n) is 3.02. The molecule has 182 valence electrons. The van der Waals surface area contributed by atoms with Crippen molar-refractivity contribution in [2.75, 3.05) is 13.2 Å². The Morgan fingerprint density at radius 2 is 1.47 bits per heavy atom. The van der Waals surface area contributed by atoms with Gasteiger partial charge in [0.15, 0.2) is 6.10 Å². The number of carbonyl (C=O) groups excluding carboxylic acids is 2. The monoisotopic (exact) mass is 469 g/mol. The van der Waals surface area contributed by atoms with E-state index in [0.717, 1.165) is 5.56 Å². The van der Waals surface area contributed by atoms with E-state index >= 15 is 0 Å². The topological polar surface area (TPSA) is 74.3 Å². The van der Waals surface area contributed by atoms with Gasteiger partial charge < -0.3 is 18.5 Å². The Kier molecular flexibility index (Phi) is 14.4. The second-order valence-electron chi connectivity index (χ2n) is 8.16. The standard InChI is InChI=1S/C24H40NO6P/c1-7-12-23(26)28-17-22(31-24(27)13-8-2)18-30-32(25(19(3)4)20(5)6)29-16-21-14-10-9-11-15-21/h9-11,14-15,19-20,22H,7-8,12-13,16-18H2,1-6H3/t22-,32?/m0/s1. The fraction of sp³-hybridized carbons (Fsp3) is 0.667. The number of carbonyl (C=O) groups is 2. The van der Waals surface area contributed by atoms with E-state index in [0.29, 0.717) is 32.3 Å². The highest BCUT2D eigenvalue weighted by Gasteiger charge is 2.29. The third-order valence-corrected chi connectivity index (χ3v) is 6.46. The Bertz CT molecular complexity index is 647. The Balaban J connectivity index is 2.87. The van der Waals surface area contributed by atoms with Crippen LogP contribution in [0, 0.1) is 0 Å². The summed E-state index contributed by atoms with van der Waals surface area (Å²) in [5.41, 5.74) is 1.05. The molecule has 7 nitrogen and oxygen atoms in total. The summed E-state index contributed by atoms with van der Waals surface area (Å²) in [6.07, 6.45) is 1.34. The summed E-state index contributed by atoms with van der Waals surface area (Å²) in [7, 11) is -1.42. The van der Waals surface area contributed by atoms with E-state index in [-0.39, 0.29) is 37.2 Å². The van der Waals surface area contributed by atoms with Gasteiger partial charge in [-0.05, 0) is 46.1 Å². The van der Waals surface area contributed by atoms with Crippen molar-refractivity contribution < 1.29 is 28.1 Å². The number of benzene rings is 1. The molecule has 0 spiro atoms. The molecule has 1 rings (SSSR count). The highest BCUT2D eigenvalue weighted by molar-refractivity contribution is 7.44. The van der Waals surface area contributed by atoms with Crippen molar-refractivity contribution in [3.05, 3.63) is 35.9 Å². The first-order chi connectivity index (χ1) is 15.3. The number of hydrogen-bond donors (Lipinski definition) is 0. The van der Waals surface area contributed by atoms with Crippen LogP contribution in [0.5, 0.6) is 0 Å². The minimum absolute atomic E-state index is 0.0283. The maximum absolute atomic E-state index is 12.1. The molecular formula is C24H40NO6P. The number of esters is 2. The van der Waals surface area contributed by atoms with Gasteiger partial charge in [-0.3, -0.25) is 9.59 Å². The molecule has 0 aliphatic carbocycles. The molecule has 0 N–H and O–H groups in total. The third kappa shape index (κ3) is 11.4. The van der Waals surface area contributed by atoms with E-state index in [9.17, 15) is 9.59 Å². The Morgan fingerprint density at radius 3 is 2.03 bits per heavy atom. The Hall–Kier alpha value is -1.53. The molecule has 1 aromatic carbocycles. The van der Waals surface area contributed by atoms with E-state index in [4.69, 9.17) is 18.5 Å². The van der Waals surface area contributed by atoms with Crippen LogP contribution in [-0.4, -0.2) is 48.0 Å². The molecule has 8 heteroatoms. The zero-order valence-corrected chi connectivity index (χ0v) is 21.3. The minimum Gasteiger partial charge on any atom is -0.462 e. The molecule has 0 saturated heterocycles.